The van der Waals surface area contributed by atoms with Crippen molar-refractivity contribution in [2.45, 2.75) is 6.42 Å². The Balaban J connectivity index is 2.33. The fourth-order valence-electron chi connectivity index (χ4n) is 1.29. The fourth-order valence-corrected chi connectivity index (χ4v) is 2.19. The molecule has 0 radical (unpaired) electrons. The van der Waals surface area contributed by atoms with E-state index in [1.54, 1.807) is 37.1 Å². The molecule has 1 aromatic rings. The highest BCUT2D eigenvalue weighted by molar-refractivity contribution is 7.99. The van der Waals surface area contributed by atoms with Crippen LogP contribution in [0.5, 0.6) is 0 Å². The van der Waals surface area contributed by atoms with Gasteiger partial charge in [0.2, 0.25) is 5.91 Å². The SMILES string of the molecule is COCCCSCC(=O)Nc1cc(Cl)ccc1N. The molecule has 0 fully saturated rings. The van der Waals surface area contributed by atoms with Gasteiger partial charge in [0.15, 0.2) is 0 Å². The highest BCUT2D eigenvalue weighted by Crippen LogP contribution is 2.23. The molecular formula is C12H17ClN2O2S. The Morgan fingerprint density at radius 2 is 2.33 bits per heavy atom. The smallest absolute Gasteiger partial charge is 0.234 e. The molecule has 4 nitrogen and oxygen atoms in total. The summed E-state index contributed by atoms with van der Waals surface area (Å²) in [7, 11) is 1.67. The summed E-state index contributed by atoms with van der Waals surface area (Å²) in [6.07, 6.45) is 0.938. The van der Waals surface area contributed by atoms with Crippen LogP contribution < -0.4 is 11.1 Å². The van der Waals surface area contributed by atoms with Gasteiger partial charge in [-0.1, -0.05) is 11.6 Å². The number of anilines is 2. The number of hydrogen-bond donors (Lipinski definition) is 2. The van der Waals surface area contributed by atoms with Crippen molar-refractivity contribution in [2.75, 3.05) is 36.3 Å². The van der Waals surface area contributed by atoms with E-state index in [-0.39, 0.29) is 5.91 Å². The van der Waals surface area contributed by atoms with Crippen molar-refractivity contribution in [2.24, 2.45) is 0 Å². The lowest BCUT2D eigenvalue weighted by molar-refractivity contribution is -0.113. The normalized spacial score (nSPS) is 10.3. The number of nitrogens with one attached hydrogen (secondary N) is 1. The van der Waals surface area contributed by atoms with E-state index in [1.807, 2.05) is 0 Å². The topological polar surface area (TPSA) is 64.3 Å². The maximum atomic E-state index is 11.6. The molecule has 0 aliphatic carbocycles. The minimum Gasteiger partial charge on any atom is -0.397 e. The Bertz CT molecular complexity index is 402. The van der Waals surface area contributed by atoms with Crippen LogP contribution in [0.1, 0.15) is 6.42 Å². The number of ether oxygens (including phenoxy) is 1. The van der Waals surface area contributed by atoms with Crippen molar-refractivity contribution < 1.29 is 9.53 Å². The highest BCUT2D eigenvalue weighted by atomic mass is 35.5. The zero-order valence-electron chi connectivity index (χ0n) is 10.2. The summed E-state index contributed by atoms with van der Waals surface area (Å²) >= 11 is 7.40. The quantitative estimate of drug-likeness (QED) is 0.598. The first kappa shape index (κ1) is 15.1. The molecule has 1 amide bonds. The minimum absolute atomic E-state index is 0.0774. The fraction of sp³-hybridized carbons (Fsp3) is 0.417. The maximum absolute atomic E-state index is 11.6. The molecule has 0 saturated heterocycles. The number of carbonyl (C=O) groups is 1. The van der Waals surface area contributed by atoms with E-state index in [1.165, 1.54) is 0 Å². The van der Waals surface area contributed by atoms with Crippen LogP contribution in [0.3, 0.4) is 0 Å². The first-order valence-corrected chi connectivity index (χ1v) is 7.08. The predicted octanol–water partition coefficient (Wildman–Crippen LogP) is 2.63. The van der Waals surface area contributed by atoms with Crippen LogP contribution >= 0.6 is 23.4 Å². The van der Waals surface area contributed by atoms with Gasteiger partial charge in [0.25, 0.3) is 0 Å². The van der Waals surface area contributed by atoms with Gasteiger partial charge in [-0.05, 0) is 30.4 Å². The highest BCUT2D eigenvalue weighted by Gasteiger charge is 2.05. The first-order chi connectivity index (χ1) is 8.63. The van der Waals surface area contributed by atoms with E-state index in [0.29, 0.717) is 22.2 Å². The monoisotopic (exact) mass is 288 g/mol. The van der Waals surface area contributed by atoms with Crippen LogP contribution in [0.2, 0.25) is 5.02 Å². The molecule has 0 unspecified atom stereocenters. The summed E-state index contributed by atoms with van der Waals surface area (Å²) in [5.41, 5.74) is 6.81. The maximum Gasteiger partial charge on any atom is 0.234 e. The summed E-state index contributed by atoms with van der Waals surface area (Å²) < 4.78 is 4.93. The molecular weight excluding hydrogens is 272 g/mol. The average molecular weight is 289 g/mol. The lowest BCUT2D eigenvalue weighted by Crippen LogP contribution is -2.15. The van der Waals surface area contributed by atoms with E-state index in [2.05, 4.69) is 5.32 Å². The molecule has 0 aromatic heterocycles. The second kappa shape index (κ2) is 8.24. The van der Waals surface area contributed by atoms with E-state index < -0.39 is 0 Å². The molecule has 1 rings (SSSR count). The molecule has 0 saturated carbocycles. The minimum atomic E-state index is -0.0774. The van der Waals surface area contributed by atoms with Gasteiger partial charge in [-0.3, -0.25) is 4.79 Å². The third kappa shape index (κ3) is 5.62. The van der Waals surface area contributed by atoms with Gasteiger partial charge in [0.05, 0.1) is 17.1 Å². The van der Waals surface area contributed by atoms with Crippen LogP contribution in [0.4, 0.5) is 11.4 Å². The van der Waals surface area contributed by atoms with Gasteiger partial charge in [0.1, 0.15) is 0 Å². The van der Waals surface area contributed by atoms with Crippen molar-refractivity contribution in [3.05, 3.63) is 23.2 Å². The average Bonchev–Trinajstić information content (AvgIpc) is 2.33. The Labute approximate surface area is 116 Å². The zero-order valence-corrected chi connectivity index (χ0v) is 11.8. The number of thioether (sulfide) groups is 1. The van der Waals surface area contributed by atoms with Crippen molar-refractivity contribution >= 4 is 40.6 Å². The second-order valence-electron chi connectivity index (χ2n) is 3.68. The molecule has 0 atom stereocenters. The van der Waals surface area contributed by atoms with Gasteiger partial charge in [-0.2, -0.15) is 11.8 Å². The molecule has 100 valence electrons. The third-order valence-corrected chi connectivity index (χ3v) is 3.44. The van der Waals surface area contributed by atoms with Crippen molar-refractivity contribution in [3.63, 3.8) is 0 Å². The number of hydrogen-bond acceptors (Lipinski definition) is 4. The molecule has 18 heavy (non-hydrogen) atoms. The van der Waals surface area contributed by atoms with Crippen molar-refractivity contribution in [1.29, 1.82) is 0 Å². The lowest BCUT2D eigenvalue weighted by Gasteiger charge is -2.08. The lowest BCUT2D eigenvalue weighted by atomic mass is 10.2. The summed E-state index contributed by atoms with van der Waals surface area (Å²) in [6.45, 7) is 0.718. The molecule has 6 heteroatoms. The zero-order chi connectivity index (χ0) is 13.4. The van der Waals surface area contributed by atoms with Crippen molar-refractivity contribution in [3.8, 4) is 0 Å². The van der Waals surface area contributed by atoms with Crippen LogP contribution in [-0.2, 0) is 9.53 Å². The van der Waals surface area contributed by atoms with Gasteiger partial charge in [0, 0.05) is 18.7 Å². The largest absolute Gasteiger partial charge is 0.397 e. The molecule has 0 aliphatic rings. The van der Waals surface area contributed by atoms with Gasteiger partial charge >= 0.3 is 0 Å². The Hall–Kier alpha value is -0.910. The van der Waals surface area contributed by atoms with Crippen LogP contribution in [0.25, 0.3) is 0 Å². The number of nitrogen functional groups attached to an aromatic ring is 1. The molecule has 0 spiro atoms. The summed E-state index contributed by atoms with van der Waals surface area (Å²) in [5.74, 6) is 1.22. The molecule has 0 heterocycles. The summed E-state index contributed by atoms with van der Waals surface area (Å²) in [6, 6.07) is 5.00. The molecule has 0 aliphatic heterocycles. The van der Waals surface area contributed by atoms with E-state index in [9.17, 15) is 4.79 Å². The Morgan fingerprint density at radius 1 is 1.56 bits per heavy atom. The Kier molecular flexibility index (Phi) is 6.93. The standard InChI is InChI=1S/C12H17ClN2O2S/c1-17-5-2-6-18-8-12(16)15-11-7-9(13)3-4-10(11)14/h3-4,7H,2,5-6,8,14H2,1H3,(H,15,16). The van der Waals surface area contributed by atoms with Crippen LogP contribution in [0, 0.1) is 0 Å². The van der Waals surface area contributed by atoms with Crippen LogP contribution in [-0.4, -0.2) is 31.1 Å². The number of benzene rings is 1. The summed E-state index contributed by atoms with van der Waals surface area (Å²) in [4.78, 5) is 11.6. The second-order valence-corrected chi connectivity index (χ2v) is 5.22. The summed E-state index contributed by atoms with van der Waals surface area (Å²) in [5, 5.41) is 3.29. The first-order valence-electron chi connectivity index (χ1n) is 5.55. The molecule has 1 aromatic carbocycles. The van der Waals surface area contributed by atoms with Gasteiger partial charge in [-0.15, -0.1) is 0 Å². The number of nitrogens with two attached hydrogens (primary N) is 1. The van der Waals surface area contributed by atoms with E-state index in [4.69, 9.17) is 22.1 Å². The van der Waals surface area contributed by atoms with Gasteiger partial charge < -0.3 is 15.8 Å². The van der Waals surface area contributed by atoms with Crippen LogP contribution in [0.15, 0.2) is 18.2 Å². The third-order valence-electron chi connectivity index (χ3n) is 2.16. The van der Waals surface area contributed by atoms with Gasteiger partial charge in [-0.25, -0.2) is 0 Å². The number of amides is 1. The number of rotatable bonds is 7. The molecule has 0 bridgehead atoms. The predicted molar refractivity (Wildman–Crippen MR) is 78.3 cm³/mol. The number of halogens is 1. The van der Waals surface area contributed by atoms with E-state index in [0.717, 1.165) is 18.8 Å². The van der Waals surface area contributed by atoms with Crippen molar-refractivity contribution in [1.82, 2.24) is 0 Å². The molecule has 3 N–H and O–H groups in total. The van der Waals surface area contributed by atoms with E-state index >= 15 is 0 Å². The number of carbonyl (C=O) groups excluding carboxylic acids is 1. The number of methoxy groups -OCH3 is 1. The Morgan fingerprint density at radius 3 is 3.06 bits per heavy atom.